The first-order valence-electron chi connectivity index (χ1n) is 8.69. The standard InChI is InChI=1S/C16H15F3N6S2/c17-16(18,19)14-23-24-15(25(14)20)27-13-10-8-3-1-2-4-9(8)26-12(10)21-11(22-13)7-5-6-7/h7H,1-6,20H2. The number of fused-ring (bicyclic) bond motifs is 3. The Labute approximate surface area is 160 Å². The van der Waals surface area contributed by atoms with Crippen molar-refractivity contribution in [3.8, 4) is 0 Å². The summed E-state index contributed by atoms with van der Waals surface area (Å²) >= 11 is 2.72. The van der Waals surface area contributed by atoms with Crippen molar-refractivity contribution in [2.75, 3.05) is 5.84 Å². The van der Waals surface area contributed by atoms with Gasteiger partial charge in [0.2, 0.25) is 5.16 Å². The van der Waals surface area contributed by atoms with Crippen molar-refractivity contribution in [3.05, 3.63) is 22.1 Å². The molecule has 142 valence electrons. The number of halogens is 3. The number of alkyl halides is 3. The molecule has 0 saturated heterocycles. The van der Waals surface area contributed by atoms with Gasteiger partial charge in [-0.15, -0.1) is 21.5 Å². The van der Waals surface area contributed by atoms with E-state index in [2.05, 4.69) is 10.2 Å². The number of hydrogen-bond acceptors (Lipinski definition) is 7. The molecule has 3 aromatic rings. The van der Waals surface area contributed by atoms with Gasteiger partial charge < -0.3 is 5.84 Å². The third kappa shape index (κ3) is 2.96. The van der Waals surface area contributed by atoms with E-state index in [0.717, 1.165) is 66.3 Å². The summed E-state index contributed by atoms with van der Waals surface area (Å²) in [5, 5.41) is 8.40. The summed E-state index contributed by atoms with van der Waals surface area (Å²) in [5.74, 6) is 5.51. The van der Waals surface area contributed by atoms with Crippen LogP contribution in [0.3, 0.4) is 0 Å². The molecule has 0 aliphatic heterocycles. The lowest BCUT2D eigenvalue weighted by atomic mass is 9.97. The van der Waals surface area contributed by atoms with Gasteiger partial charge in [-0.1, -0.05) is 0 Å². The van der Waals surface area contributed by atoms with Crippen LogP contribution in [0.1, 0.15) is 53.7 Å². The second-order valence-corrected chi connectivity index (χ2v) is 8.87. The fourth-order valence-electron chi connectivity index (χ4n) is 3.36. The van der Waals surface area contributed by atoms with E-state index in [-0.39, 0.29) is 5.16 Å². The number of nitrogens with zero attached hydrogens (tertiary/aromatic N) is 5. The highest BCUT2D eigenvalue weighted by Crippen LogP contribution is 2.45. The van der Waals surface area contributed by atoms with Gasteiger partial charge >= 0.3 is 6.18 Å². The highest BCUT2D eigenvalue weighted by molar-refractivity contribution is 7.99. The van der Waals surface area contributed by atoms with E-state index in [4.69, 9.17) is 15.8 Å². The van der Waals surface area contributed by atoms with Crippen LogP contribution in [0.5, 0.6) is 0 Å². The largest absolute Gasteiger partial charge is 0.453 e. The Balaban J connectivity index is 1.63. The van der Waals surface area contributed by atoms with Gasteiger partial charge in [-0.05, 0) is 55.9 Å². The molecule has 1 saturated carbocycles. The molecule has 0 bridgehead atoms. The highest BCUT2D eigenvalue weighted by atomic mass is 32.2. The van der Waals surface area contributed by atoms with Gasteiger partial charge in [0, 0.05) is 16.2 Å². The number of aryl methyl sites for hydroxylation is 2. The van der Waals surface area contributed by atoms with Crippen LogP contribution in [-0.4, -0.2) is 24.8 Å². The minimum Gasteiger partial charge on any atom is -0.335 e. The third-order valence-electron chi connectivity index (χ3n) is 4.85. The summed E-state index contributed by atoms with van der Waals surface area (Å²) in [7, 11) is 0. The molecule has 3 heterocycles. The first-order chi connectivity index (χ1) is 12.9. The number of aromatic nitrogens is 5. The van der Waals surface area contributed by atoms with Crippen LogP contribution >= 0.6 is 23.1 Å². The highest BCUT2D eigenvalue weighted by Gasteiger charge is 2.38. The van der Waals surface area contributed by atoms with E-state index < -0.39 is 12.0 Å². The Morgan fingerprint density at radius 3 is 2.59 bits per heavy atom. The predicted molar refractivity (Wildman–Crippen MR) is 95.3 cm³/mol. The van der Waals surface area contributed by atoms with Crippen LogP contribution in [0.2, 0.25) is 0 Å². The van der Waals surface area contributed by atoms with Crippen molar-refractivity contribution >= 4 is 33.3 Å². The lowest BCUT2D eigenvalue weighted by Crippen LogP contribution is -2.21. The first kappa shape index (κ1) is 17.2. The molecule has 0 spiro atoms. The van der Waals surface area contributed by atoms with Crippen molar-refractivity contribution in [3.63, 3.8) is 0 Å². The molecule has 1 fully saturated rings. The van der Waals surface area contributed by atoms with Crippen LogP contribution in [0.25, 0.3) is 10.2 Å². The molecule has 0 radical (unpaired) electrons. The van der Waals surface area contributed by atoms with Crippen molar-refractivity contribution < 1.29 is 13.2 Å². The maximum atomic E-state index is 13.0. The van der Waals surface area contributed by atoms with Crippen LogP contribution in [-0.2, 0) is 19.0 Å². The van der Waals surface area contributed by atoms with Crippen molar-refractivity contribution in [1.29, 1.82) is 0 Å². The Morgan fingerprint density at radius 2 is 1.89 bits per heavy atom. The third-order valence-corrected chi connectivity index (χ3v) is 6.98. The molecule has 2 aliphatic carbocycles. The Hall–Kier alpha value is -1.88. The Kier molecular flexibility index (Phi) is 3.87. The second-order valence-electron chi connectivity index (χ2n) is 6.83. The molecule has 5 rings (SSSR count). The number of rotatable bonds is 3. The van der Waals surface area contributed by atoms with Gasteiger partial charge in [-0.25, -0.2) is 14.6 Å². The summed E-state index contributed by atoms with van der Waals surface area (Å²) in [6.07, 6.45) is 1.65. The monoisotopic (exact) mass is 412 g/mol. The quantitative estimate of drug-likeness (QED) is 0.519. The van der Waals surface area contributed by atoms with Crippen LogP contribution < -0.4 is 5.84 Å². The number of hydrogen-bond donors (Lipinski definition) is 1. The number of nitrogen functional groups attached to an aromatic ring is 1. The minimum atomic E-state index is -4.65. The molecule has 2 N–H and O–H groups in total. The van der Waals surface area contributed by atoms with Crippen LogP contribution in [0.4, 0.5) is 13.2 Å². The summed E-state index contributed by atoms with van der Waals surface area (Å²) in [4.78, 5) is 11.7. The molecule has 0 unspecified atom stereocenters. The summed E-state index contributed by atoms with van der Waals surface area (Å²) in [5.41, 5.74) is 1.23. The molecular formula is C16H15F3N6S2. The van der Waals surface area contributed by atoms with E-state index >= 15 is 0 Å². The average Bonchev–Trinajstić information content (AvgIpc) is 3.30. The smallest absolute Gasteiger partial charge is 0.335 e. The molecule has 6 nitrogen and oxygen atoms in total. The Morgan fingerprint density at radius 1 is 1.11 bits per heavy atom. The van der Waals surface area contributed by atoms with Crippen LogP contribution in [0, 0.1) is 0 Å². The number of nitrogens with two attached hydrogens (primary N) is 1. The van der Waals surface area contributed by atoms with Gasteiger partial charge in [0.15, 0.2) is 0 Å². The fourth-order valence-corrected chi connectivity index (χ4v) is 5.60. The van der Waals surface area contributed by atoms with Gasteiger partial charge in [0.1, 0.15) is 15.7 Å². The zero-order valence-electron chi connectivity index (χ0n) is 14.1. The fraction of sp³-hybridized carbons (Fsp3) is 0.500. The van der Waals surface area contributed by atoms with E-state index in [1.54, 1.807) is 11.3 Å². The predicted octanol–water partition coefficient (Wildman–Crippen LogP) is 3.92. The second kappa shape index (κ2) is 6.06. The molecule has 0 amide bonds. The summed E-state index contributed by atoms with van der Waals surface area (Å²) in [6.45, 7) is 0. The summed E-state index contributed by atoms with van der Waals surface area (Å²) < 4.78 is 39.4. The van der Waals surface area contributed by atoms with E-state index in [1.807, 2.05) is 0 Å². The lowest BCUT2D eigenvalue weighted by molar-refractivity contribution is -0.146. The molecule has 0 aromatic carbocycles. The first-order valence-corrected chi connectivity index (χ1v) is 10.3. The van der Waals surface area contributed by atoms with E-state index in [9.17, 15) is 13.2 Å². The molecular weight excluding hydrogens is 397 g/mol. The SMILES string of the molecule is Nn1c(Sc2nc(C3CC3)nc3sc4c(c23)CCCC4)nnc1C(F)(F)F. The van der Waals surface area contributed by atoms with Gasteiger partial charge in [0.25, 0.3) is 5.82 Å². The van der Waals surface area contributed by atoms with Crippen LogP contribution in [0.15, 0.2) is 10.2 Å². The maximum absolute atomic E-state index is 13.0. The van der Waals surface area contributed by atoms with E-state index in [0.29, 0.717) is 15.6 Å². The number of thiophene rings is 1. The van der Waals surface area contributed by atoms with Gasteiger partial charge in [0.05, 0.1) is 0 Å². The maximum Gasteiger partial charge on any atom is 0.453 e. The minimum absolute atomic E-state index is 0.0279. The van der Waals surface area contributed by atoms with Crippen molar-refractivity contribution in [2.45, 2.75) is 60.8 Å². The van der Waals surface area contributed by atoms with Gasteiger partial charge in [-0.3, -0.25) is 0 Å². The zero-order valence-corrected chi connectivity index (χ0v) is 15.7. The molecule has 2 aliphatic rings. The summed E-state index contributed by atoms with van der Waals surface area (Å²) in [6, 6.07) is 0. The van der Waals surface area contributed by atoms with E-state index in [1.165, 1.54) is 10.4 Å². The zero-order chi connectivity index (χ0) is 18.8. The topological polar surface area (TPSA) is 82.5 Å². The van der Waals surface area contributed by atoms with Gasteiger partial charge in [-0.2, -0.15) is 13.2 Å². The normalized spacial score (nSPS) is 17.4. The lowest BCUT2D eigenvalue weighted by Gasteiger charge is -2.12. The molecule has 0 atom stereocenters. The van der Waals surface area contributed by atoms with Crippen molar-refractivity contribution in [1.82, 2.24) is 24.8 Å². The molecule has 11 heteroatoms. The Bertz CT molecular complexity index is 1040. The average molecular weight is 412 g/mol. The van der Waals surface area contributed by atoms with Crippen molar-refractivity contribution in [2.24, 2.45) is 0 Å². The molecule has 3 aromatic heterocycles. The molecule has 27 heavy (non-hydrogen) atoms.